The Morgan fingerprint density at radius 2 is 1.71 bits per heavy atom. The number of thioether (sulfide) groups is 1. The van der Waals surface area contributed by atoms with Crippen LogP contribution in [0, 0.1) is 0 Å². The van der Waals surface area contributed by atoms with E-state index in [-0.39, 0.29) is 36.9 Å². The molecule has 0 unspecified atom stereocenters. The molecule has 0 heterocycles. The van der Waals surface area contributed by atoms with E-state index in [4.69, 9.17) is 5.11 Å². The fraction of sp³-hybridized carbons (Fsp3) is 0.867. The van der Waals surface area contributed by atoms with Crippen LogP contribution in [0.25, 0.3) is 0 Å². The molecule has 0 spiro atoms. The summed E-state index contributed by atoms with van der Waals surface area (Å²) in [5, 5.41) is 11.6. The first-order chi connectivity index (χ1) is 9.61. The molecule has 0 aliphatic heterocycles. The fourth-order valence-corrected chi connectivity index (χ4v) is 2.47. The van der Waals surface area contributed by atoms with Crippen molar-refractivity contribution in [3.8, 4) is 0 Å². The van der Waals surface area contributed by atoms with Gasteiger partial charge in [0.1, 0.15) is 6.04 Å². The topological polar surface area (TPSA) is 66.4 Å². The van der Waals surface area contributed by atoms with Gasteiger partial charge in [0, 0.05) is 6.42 Å². The smallest absolute Gasteiger partial charge is 1.00 e. The molecule has 0 fully saturated rings. The van der Waals surface area contributed by atoms with Crippen LogP contribution in [0.3, 0.4) is 0 Å². The minimum absolute atomic E-state index is 0. The maximum absolute atomic E-state index is 11.7. The standard InChI is InChI=1S/C15H29NO3S.Na.H/c1-3-4-5-6-7-8-9-10-14(17)16-13(15(18)19)11-12-20-2;;/h13H,3-12H2,1-2H3,(H,16,17)(H,18,19);;/q;+1;-1/t13-;;/m0../s1. The van der Waals surface area contributed by atoms with E-state index in [9.17, 15) is 9.59 Å². The first-order valence-corrected chi connectivity index (χ1v) is 9.02. The molecule has 120 valence electrons. The first-order valence-electron chi connectivity index (χ1n) is 7.63. The van der Waals surface area contributed by atoms with Crippen LogP contribution < -0.4 is 34.9 Å². The normalized spacial score (nSPS) is 11.5. The van der Waals surface area contributed by atoms with Gasteiger partial charge in [0.25, 0.3) is 0 Å². The predicted molar refractivity (Wildman–Crippen MR) is 86.3 cm³/mol. The molecule has 2 N–H and O–H groups in total. The monoisotopic (exact) mass is 327 g/mol. The predicted octanol–water partition coefficient (Wildman–Crippen LogP) is 0.566. The molecule has 0 aliphatic rings. The average Bonchev–Trinajstić information content (AvgIpc) is 2.42. The molecule has 0 rings (SSSR count). The van der Waals surface area contributed by atoms with Crippen LogP contribution in [-0.2, 0) is 9.59 Å². The second-order valence-corrected chi connectivity index (χ2v) is 6.10. The van der Waals surface area contributed by atoms with Crippen molar-refractivity contribution in [1.29, 1.82) is 0 Å². The molecule has 1 atom stereocenters. The van der Waals surface area contributed by atoms with Gasteiger partial charge < -0.3 is 11.8 Å². The Morgan fingerprint density at radius 1 is 1.14 bits per heavy atom. The van der Waals surface area contributed by atoms with Crippen LogP contribution in [-0.4, -0.2) is 35.0 Å². The Bertz CT molecular complexity index is 284. The maximum atomic E-state index is 11.7. The van der Waals surface area contributed by atoms with Crippen LogP contribution in [0.1, 0.15) is 66.1 Å². The number of hydrogen-bond acceptors (Lipinski definition) is 3. The maximum Gasteiger partial charge on any atom is 1.00 e. The molecule has 0 radical (unpaired) electrons. The van der Waals surface area contributed by atoms with Crippen LogP contribution in [0.4, 0.5) is 0 Å². The van der Waals surface area contributed by atoms with E-state index in [2.05, 4.69) is 12.2 Å². The molecule has 0 aromatic carbocycles. The van der Waals surface area contributed by atoms with Gasteiger partial charge in [-0.15, -0.1) is 0 Å². The summed E-state index contributed by atoms with van der Waals surface area (Å²) >= 11 is 1.59. The van der Waals surface area contributed by atoms with Crippen molar-refractivity contribution in [1.82, 2.24) is 5.32 Å². The summed E-state index contributed by atoms with van der Waals surface area (Å²) in [5.41, 5.74) is 0. The fourth-order valence-electron chi connectivity index (χ4n) is 2.00. The second-order valence-electron chi connectivity index (χ2n) is 5.11. The molecule has 0 aliphatic carbocycles. The summed E-state index contributed by atoms with van der Waals surface area (Å²) in [6.07, 6.45) is 11.0. The molecular formula is C15H30NNaO3S. The molecule has 6 heteroatoms. The minimum atomic E-state index is -0.938. The van der Waals surface area contributed by atoms with Crippen molar-refractivity contribution in [3.05, 3.63) is 0 Å². The van der Waals surface area contributed by atoms with Gasteiger partial charge in [-0.1, -0.05) is 45.4 Å². The molecular weight excluding hydrogens is 297 g/mol. The molecule has 1 amide bonds. The van der Waals surface area contributed by atoms with Crippen molar-refractivity contribution >= 4 is 23.6 Å². The third-order valence-corrected chi connectivity index (χ3v) is 3.90. The molecule has 21 heavy (non-hydrogen) atoms. The Morgan fingerprint density at radius 3 is 2.24 bits per heavy atom. The van der Waals surface area contributed by atoms with Crippen LogP contribution >= 0.6 is 11.8 Å². The van der Waals surface area contributed by atoms with Gasteiger partial charge in [0.2, 0.25) is 5.91 Å². The van der Waals surface area contributed by atoms with Crippen molar-refractivity contribution in [3.63, 3.8) is 0 Å². The zero-order valence-electron chi connectivity index (χ0n) is 14.8. The van der Waals surface area contributed by atoms with Gasteiger partial charge in [0.15, 0.2) is 0 Å². The van der Waals surface area contributed by atoms with E-state index in [1.54, 1.807) is 11.8 Å². The largest absolute Gasteiger partial charge is 1.00 e. The Kier molecular flexibility index (Phi) is 18.7. The Hall–Kier alpha value is 0.290. The van der Waals surface area contributed by atoms with E-state index >= 15 is 0 Å². The first kappa shape index (κ1) is 23.6. The number of nitrogens with one attached hydrogen (secondary N) is 1. The van der Waals surface area contributed by atoms with Crippen LogP contribution in [0.15, 0.2) is 0 Å². The summed E-state index contributed by atoms with van der Waals surface area (Å²) < 4.78 is 0. The van der Waals surface area contributed by atoms with Gasteiger partial charge >= 0.3 is 35.5 Å². The van der Waals surface area contributed by atoms with Crippen molar-refractivity contribution < 1.29 is 45.7 Å². The van der Waals surface area contributed by atoms with Crippen molar-refractivity contribution in [2.75, 3.05) is 12.0 Å². The number of aliphatic carboxylic acids is 1. The molecule has 0 aromatic heterocycles. The average molecular weight is 327 g/mol. The van der Waals surface area contributed by atoms with Crippen molar-refractivity contribution in [2.45, 2.75) is 70.8 Å². The second kappa shape index (κ2) is 16.7. The van der Waals surface area contributed by atoms with Crippen LogP contribution in [0.5, 0.6) is 0 Å². The van der Waals surface area contributed by atoms with E-state index in [0.29, 0.717) is 12.8 Å². The molecule has 0 bridgehead atoms. The summed E-state index contributed by atoms with van der Waals surface area (Å²) in [6, 6.07) is -0.737. The Labute approximate surface area is 157 Å². The number of rotatable bonds is 13. The van der Waals surface area contributed by atoms with Gasteiger partial charge in [-0.2, -0.15) is 11.8 Å². The molecule has 0 aromatic rings. The van der Waals surface area contributed by atoms with Gasteiger partial charge in [-0.3, -0.25) is 4.79 Å². The van der Waals surface area contributed by atoms with E-state index in [1.807, 2.05) is 6.26 Å². The van der Waals surface area contributed by atoms with Gasteiger partial charge in [0.05, 0.1) is 0 Å². The van der Waals surface area contributed by atoms with Crippen LogP contribution in [0.2, 0.25) is 0 Å². The summed E-state index contributed by atoms with van der Waals surface area (Å²) in [7, 11) is 0. The zero-order chi connectivity index (χ0) is 15.2. The third kappa shape index (κ3) is 15.0. The number of carboxylic acid groups (broad SMARTS) is 1. The van der Waals surface area contributed by atoms with E-state index in [1.165, 1.54) is 32.1 Å². The number of amides is 1. The number of unbranched alkanes of at least 4 members (excludes halogenated alkanes) is 6. The van der Waals surface area contributed by atoms with E-state index < -0.39 is 12.0 Å². The summed E-state index contributed by atoms with van der Waals surface area (Å²) in [5.74, 6) is -0.326. The third-order valence-electron chi connectivity index (χ3n) is 3.25. The number of carboxylic acids is 1. The zero-order valence-corrected chi connectivity index (χ0v) is 16.6. The van der Waals surface area contributed by atoms with E-state index in [0.717, 1.165) is 18.6 Å². The van der Waals surface area contributed by atoms with Crippen molar-refractivity contribution in [2.24, 2.45) is 0 Å². The molecule has 4 nitrogen and oxygen atoms in total. The van der Waals surface area contributed by atoms with Gasteiger partial charge in [-0.25, -0.2) is 4.79 Å². The summed E-state index contributed by atoms with van der Waals surface area (Å²) in [6.45, 7) is 2.19. The quantitative estimate of drug-likeness (QED) is 0.383. The SMILES string of the molecule is CCCCCCCCCC(=O)N[C@@H](CCSC)C(=O)O.[H-].[Na+]. The molecule has 0 saturated carbocycles. The number of carbonyl (C=O) groups excluding carboxylic acids is 1. The Balaban J connectivity index is -0.00000180. The minimum Gasteiger partial charge on any atom is -1.00 e. The number of carbonyl (C=O) groups is 2. The molecule has 0 saturated heterocycles. The van der Waals surface area contributed by atoms with Gasteiger partial charge in [-0.05, 0) is 24.9 Å². The summed E-state index contributed by atoms with van der Waals surface area (Å²) in [4.78, 5) is 22.7. The number of hydrogen-bond donors (Lipinski definition) is 2.